The third kappa shape index (κ3) is 3.23. The molecular formula is C15H12FNO2. The van der Waals surface area contributed by atoms with Gasteiger partial charge in [0, 0.05) is 23.4 Å². The smallest absolute Gasteiger partial charge is 0.256 e. The summed E-state index contributed by atoms with van der Waals surface area (Å²) in [6, 6.07) is 7.83. The van der Waals surface area contributed by atoms with Crippen molar-refractivity contribution in [3.63, 3.8) is 0 Å². The zero-order valence-electron chi connectivity index (χ0n) is 10.6. The molecule has 0 aliphatic carbocycles. The number of nitrogens with zero attached hydrogens (tertiary/aromatic N) is 1. The van der Waals surface area contributed by atoms with Gasteiger partial charge in [-0.05, 0) is 18.2 Å². The van der Waals surface area contributed by atoms with Crippen molar-refractivity contribution in [2.24, 2.45) is 0 Å². The number of hydrogen-bond acceptors (Lipinski definition) is 3. The molecule has 0 aliphatic rings. The van der Waals surface area contributed by atoms with Crippen molar-refractivity contribution in [1.82, 2.24) is 4.98 Å². The zero-order valence-corrected chi connectivity index (χ0v) is 10.6. The summed E-state index contributed by atoms with van der Waals surface area (Å²) in [5, 5.41) is 0. The van der Waals surface area contributed by atoms with Crippen LogP contribution in [-0.2, 0) is 0 Å². The van der Waals surface area contributed by atoms with E-state index in [-0.39, 0.29) is 5.82 Å². The Labute approximate surface area is 111 Å². The van der Waals surface area contributed by atoms with Crippen molar-refractivity contribution in [3.8, 4) is 23.5 Å². The van der Waals surface area contributed by atoms with E-state index in [0.717, 1.165) is 0 Å². The highest BCUT2D eigenvalue weighted by Gasteiger charge is 2.04. The quantitative estimate of drug-likeness (QED) is 0.775. The Morgan fingerprint density at radius 3 is 2.53 bits per heavy atom. The first-order valence-electron chi connectivity index (χ1n) is 5.58. The zero-order chi connectivity index (χ0) is 13.7. The van der Waals surface area contributed by atoms with Crippen LogP contribution in [0.4, 0.5) is 4.39 Å². The van der Waals surface area contributed by atoms with Gasteiger partial charge in [-0.2, -0.15) is 0 Å². The van der Waals surface area contributed by atoms with Gasteiger partial charge in [0.25, 0.3) is 5.88 Å². The normalized spacial score (nSPS) is 9.42. The standard InChI is InChI=1S/C15H12FNO2/c1-18-14-9-12(10-17-15(14)19-2)7-6-11-4-3-5-13(16)8-11/h3-5,8-10H,1-2H3. The SMILES string of the molecule is COc1cc(C#Cc2cccc(F)c2)cnc1OC. The average molecular weight is 257 g/mol. The van der Waals surface area contributed by atoms with Gasteiger partial charge in [-0.3, -0.25) is 0 Å². The Bertz CT molecular complexity index is 644. The van der Waals surface area contributed by atoms with Crippen LogP contribution >= 0.6 is 0 Å². The topological polar surface area (TPSA) is 31.4 Å². The molecule has 19 heavy (non-hydrogen) atoms. The number of rotatable bonds is 2. The lowest BCUT2D eigenvalue weighted by Gasteiger charge is -2.05. The van der Waals surface area contributed by atoms with E-state index in [1.54, 1.807) is 24.4 Å². The minimum atomic E-state index is -0.308. The van der Waals surface area contributed by atoms with E-state index in [1.165, 1.54) is 26.4 Å². The van der Waals surface area contributed by atoms with Crippen LogP contribution in [0.25, 0.3) is 0 Å². The van der Waals surface area contributed by atoms with Gasteiger partial charge in [0.2, 0.25) is 0 Å². The number of halogens is 1. The molecule has 0 aliphatic heterocycles. The summed E-state index contributed by atoms with van der Waals surface area (Å²) in [4.78, 5) is 4.07. The molecule has 0 saturated heterocycles. The highest BCUT2D eigenvalue weighted by molar-refractivity contribution is 5.46. The molecule has 1 aromatic carbocycles. The highest BCUT2D eigenvalue weighted by atomic mass is 19.1. The van der Waals surface area contributed by atoms with E-state index < -0.39 is 0 Å². The summed E-state index contributed by atoms with van der Waals surface area (Å²) in [5.74, 6) is 6.37. The summed E-state index contributed by atoms with van der Waals surface area (Å²) in [5.41, 5.74) is 1.27. The van der Waals surface area contributed by atoms with Gasteiger partial charge in [-0.25, -0.2) is 9.37 Å². The molecule has 4 heteroatoms. The Morgan fingerprint density at radius 2 is 1.84 bits per heavy atom. The Hall–Kier alpha value is -2.54. The minimum absolute atomic E-state index is 0.308. The van der Waals surface area contributed by atoms with Crippen molar-refractivity contribution in [3.05, 3.63) is 53.5 Å². The molecule has 0 spiro atoms. The Morgan fingerprint density at radius 1 is 1.05 bits per heavy atom. The molecule has 0 saturated carbocycles. The molecule has 0 fully saturated rings. The largest absolute Gasteiger partial charge is 0.491 e. The fraction of sp³-hybridized carbons (Fsp3) is 0.133. The molecule has 2 aromatic rings. The number of hydrogen-bond donors (Lipinski definition) is 0. The van der Waals surface area contributed by atoms with Crippen LogP contribution < -0.4 is 9.47 Å². The van der Waals surface area contributed by atoms with Gasteiger partial charge >= 0.3 is 0 Å². The number of aromatic nitrogens is 1. The van der Waals surface area contributed by atoms with Crippen molar-refractivity contribution in [2.75, 3.05) is 14.2 Å². The summed E-state index contributed by atoms with van der Waals surface area (Å²) >= 11 is 0. The van der Waals surface area contributed by atoms with Gasteiger partial charge in [0.15, 0.2) is 5.75 Å². The highest BCUT2D eigenvalue weighted by Crippen LogP contribution is 2.23. The molecule has 1 heterocycles. The lowest BCUT2D eigenvalue weighted by Crippen LogP contribution is -1.94. The second kappa shape index (κ2) is 5.87. The van der Waals surface area contributed by atoms with Gasteiger partial charge in [0.1, 0.15) is 5.82 Å². The van der Waals surface area contributed by atoms with Gasteiger partial charge in [-0.1, -0.05) is 17.9 Å². The Balaban J connectivity index is 2.29. The molecule has 0 N–H and O–H groups in total. The van der Waals surface area contributed by atoms with Crippen LogP contribution in [0.3, 0.4) is 0 Å². The predicted molar refractivity (Wildman–Crippen MR) is 69.7 cm³/mol. The Kier molecular flexibility index (Phi) is 3.99. The van der Waals surface area contributed by atoms with E-state index in [9.17, 15) is 4.39 Å². The van der Waals surface area contributed by atoms with Crippen LogP contribution in [0.5, 0.6) is 11.6 Å². The first-order valence-corrected chi connectivity index (χ1v) is 5.58. The van der Waals surface area contributed by atoms with E-state index in [2.05, 4.69) is 16.8 Å². The van der Waals surface area contributed by atoms with Crippen molar-refractivity contribution < 1.29 is 13.9 Å². The predicted octanol–water partition coefficient (Wildman–Crippen LogP) is 2.64. The fourth-order valence-electron chi connectivity index (χ4n) is 1.51. The minimum Gasteiger partial charge on any atom is -0.491 e. The molecule has 96 valence electrons. The molecule has 0 bridgehead atoms. The second-order valence-electron chi connectivity index (χ2n) is 3.70. The monoisotopic (exact) mass is 257 g/mol. The molecule has 0 amide bonds. The summed E-state index contributed by atoms with van der Waals surface area (Å²) in [7, 11) is 3.05. The van der Waals surface area contributed by atoms with Crippen molar-refractivity contribution in [2.45, 2.75) is 0 Å². The third-order valence-corrected chi connectivity index (χ3v) is 2.41. The van der Waals surface area contributed by atoms with Crippen molar-refractivity contribution in [1.29, 1.82) is 0 Å². The lowest BCUT2D eigenvalue weighted by molar-refractivity contribution is 0.343. The molecule has 0 atom stereocenters. The number of ether oxygens (including phenoxy) is 2. The summed E-state index contributed by atoms with van der Waals surface area (Å²) in [6.07, 6.45) is 1.58. The van der Waals surface area contributed by atoms with Gasteiger partial charge < -0.3 is 9.47 Å². The molecule has 3 nitrogen and oxygen atoms in total. The van der Waals surface area contributed by atoms with Crippen LogP contribution in [0.15, 0.2) is 36.5 Å². The van der Waals surface area contributed by atoms with Crippen LogP contribution in [-0.4, -0.2) is 19.2 Å². The third-order valence-electron chi connectivity index (χ3n) is 2.41. The van der Waals surface area contributed by atoms with E-state index in [0.29, 0.717) is 22.8 Å². The number of pyridine rings is 1. The molecule has 0 radical (unpaired) electrons. The first-order chi connectivity index (χ1) is 9.22. The summed E-state index contributed by atoms with van der Waals surface area (Å²) in [6.45, 7) is 0. The molecule has 0 unspecified atom stereocenters. The van der Waals surface area contributed by atoms with Crippen molar-refractivity contribution >= 4 is 0 Å². The first kappa shape index (κ1) is 12.9. The average Bonchev–Trinajstić information content (AvgIpc) is 2.45. The summed E-state index contributed by atoms with van der Waals surface area (Å²) < 4.78 is 23.2. The van der Waals surface area contributed by atoms with E-state index >= 15 is 0 Å². The van der Waals surface area contributed by atoms with Crippen LogP contribution in [0.2, 0.25) is 0 Å². The molecule has 2 rings (SSSR count). The maximum Gasteiger partial charge on any atom is 0.256 e. The fourth-order valence-corrected chi connectivity index (χ4v) is 1.51. The van der Waals surface area contributed by atoms with E-state index in [1.807, 2.05) is 0 Å². The maximum atomic E-state index is 13.0. The van der Waals surface area contributed by atoms with Gasteiger partial charge in [0.05, 0.1) is 14.2 Å². The maximum absolute atomic E-state index is 13.0. The second-order valence-corrected chi connectivity index (χ2v) is 3.70. The van der Waals surface area contributed by atoms with Crippen LogP contribution in [0.1, 0.15) is 11.1 Å². The number of methoxy groups -OCH3 is 2. The van der Waals surface area contributed by atoms with Crippen LogP contribution in [0, 0.1) is 17.7 Å². The lowest BCUT2D eigenvalue weighted by atomic mass is 10.2. The molecule has 1 aromatic heterocycles. The van der Waals surface area contributed by atoms with E-state index in [4.69, 9.17) is 9.47 Å². The number of benzene rings is 1. The van der Waals surface area contributed by atoms with Gasteiger partial charge in [-0.15, -0.1) is 0 Å². The molecular weight excluding hydrogens is 245 g/mol.